The van der Waals surface area contributed by atoms with Gasteiger partial charge in [0.05, 0.1) is 4.90 Å². The second kappa shape index (κ2) is 6.02. The Balaban J connectivity index is 1.81. The lowest BCUT2D eigenvalue weighted by Gasteiger charge is -2.26. The molecule has 0 bridgehead atoms. The molecule has 1 saturated carbocycles. The van der Waals surface area contributed by atoms with Gasteiger partial charge in [-0.2, -0.15) is 4.31 Å². The molecule has 0 unspecified atom stereocenters. The zero-order valence-corrected chi connectivity index (χ0v) is 12.8. The van der Waals surface area contributed by atoms with Crippen LogP contribution in [0.2, 0.25) is 0 Å². The van der Waals surface area contributed by atoms with Crippen LogP contribution in [0.5, 0.6) is 0 Å². The first kappa shape index (κ1) is 14.9. The van der Waals surface area contributed by atoms with E-state index in [0.29, 0.717) is 31.2 Å². The molecule has 0 radical (unpaired) electrons. The number of piperidine rings is 1. The second-order valence-electron chi connectivity index (χ2n) is 5.87. The van der Waals surface area contributed by atoms with Gasteiger partial charge in [0.15, 0.2) is 0 Å². The summed E-state index contributed by atoms with van der Waals surface area (Å²) in [6, 6.07) is 4.58. The quantitative estimate of drug-likeness (QED) is 0.907. The maximum Gasteiger partial charge on any atom is 0.243 e. The molecule has 1 saturated heterocycles. The summed E-state index contributed by atoms with van der Waals surface area (Å²) in [7, 11) is -3.49. The molecule has 1 aliphatic carbocycles. The third kappa shape index (κ3) is 3.44. The van der Waals surface area contributed by atoms with Crippen molar-refractivity contribution in [3.05, 3.63) is 29.6 Å². The van der Waals surface area contributed by atoms with Gasteiger partial charge in [0, 0.05) is 31.2 Å². The summed E-state index contributed by atoms with van der Waals surface area (Å²) in [6.07, 6.45) is 5.11. The topological polar surface area (TPSA) is 49.4 Å². The average Bonchev–Trinajstić information content (AvgIpc) is 3.31. The number of hydrogen-bond acceptors (Lipinski definition) is 3. The molecule has 0 atom stereocenters. The van der Waals surface area contributed by atoms with Crippen molar-refractivity contribution >= 4 is 10.0 Å². The molecule has 21 heavy (non-hydrogen) atoms. The summed E-state index contributed by atoms with van der Waals surface area (Å²) >= 11 is 0. The lowest BCUT2D eigenvalue weighted by atomic mass is 10.2. The Morgan fingerprint density at radius 3 is 2.57 bits per heavy atom. The number of nitrogens with zero attached hydrogens (tertiary/aromatic N) is 1. The van der Waals surface area contributed by atoms with Crippen LogP contribution < -0.4 is 5.32 Å². The standard InChI is InChI=1S/C15H21FN2O2S/c16-15-7-6-14(10-12(15)11-17-13-4-5-13)21(19,20)18-8-2-1-3-9-18/h6-7,10,13,17H,1-5,8-9,11H2. The van der Waals surface area contributed by atoms with Crippen LogP contribution in [0, 0.1) is 5.82 Å². The molecule has 0 amide bonds. The monoisotopic (exact) mass is 312 g/mol. The summed E-state index contributed by atoms with van der Waals surface area (Å²) < 4.78 is 40.5. The van der Waals surface area contributed by atoms with Crippen LogP contribution in [-0.2, 0) is 16.6 Å². The van der Waals surface area contributed by atoms with Crippen LogP contribution in [0.25, 0.3) is 0 Å². The highest BCUT2D eigenvalue weighted by molar-refractivity contribution is 7.89. The molecule has 2 fully saturated rings. The van der Waals surface area contributed by atoms with Gasteiger partial charge in [-0.05, 0) is 43.9 Å². The summed E-state index contributed by atoms with van der Waals surface area (Å²) in [5.74, 6) is -0.347. The number of halogens is 1. The Labute approximate surface area is 125 Å². The fraction of sp³-hybridized carbons (Fsp3) is 0.600. The summed E-state index contributed by atoms with van der Waals surface area (Å²) in [6.45, 7) is 1.52. The van der Waals surface area contributed by atoms with Crippen LogP contribution in [-0.4, -0.2) is 31.9 Å². The lowest BCUT2D eigenvalue weighted by molar-refractivity contribution is 0.346. The fourth-order valence-corrected chi connectivity index (χ4v) is 4.21. The third-order valence-corrected chi connectivity index (χ3v) is 6.02. The number of rotatable bonds is 5. The Kier molecular flexibility index (Phi) is 4.28. The van der Waals surface area contributed by atoms with Crippen molar-refractivity contribution in [3.8, 4) is 0 Å². The van der Waals surface area contributed by atoms with Gasteiger partial charge in [-0.15, -0.1) is 0 Å². The molecular weight excluding hydrogens is 291 g/mol. The van der Waals surface area contributed by atoms with Crippen molar-refractivity contribution in [1.29, 1.82) is 0 Å². The highest BCUT2D eigenvalue weighted by atomic mass is 32.2. The van der Waals surface area contributed by atoms with E-state index in [4.69, 9.17) is 0 Å². The fourth-order valence-electron chi connectivity index (χ4n) is 2.64. The van der Waals surface area contributed by atoms with Gasteiger partial charge < -0.3 is 5.32 Å². The van der Waals surface area contributed by atoms with Crippen molar-refractivity contribution in [2.24, 2.45) is 0 Å². The molecule has 2 aliphatic rings. The third-order valence-electron chi connectivity index (χ3n) is 4.13. The van der Waals surface area contributed by atoms with Crippen LogP contribution in [0.4, 0.5) is 4.39 Å². The van der Waals surface area contributed by atoms with Gasteiger partial charge in [-0.25, -0.2) is 12.8 Å². The van der Waals surface area contributed by atoms with Crippen LogP contribution >= 0.6 is 0 Å². The van der Waals surface area contributed by atoms with E-state index < -0.39 is 10.0 Å². The average molecular weight is 312 g/mol. The summed E-state index contributed by atoms with van der Waals surface area (Å²) in [5.41, 5.74) is 0.431. The second-order valence-corrected chi connectivity index (χ2v) is 7.81. The van der Waals surface area contributed by atoms with E-state index in [9.17, 15) is 12.8 Å². The molecule has 3 rings (SSSR count). The van der Waals surface area contributed by atoms with Crippen molar-refractivity contribution in [2.75, 3.05) is 13.1 Å². The van der Waals surface area contributed by atoms with Crippen LogP contribution in [0.1, 0.15) is 37.7 Å². The van der Waals surface area contributed by atoms with Crippen molar-refractivity contribution < 1.29 is 12.8 Å². The number of benzene rings is 1. The molecule has 0 aromatic heterocycles. The Morgan fingerprint density at radius 1 is 1.19 bits per heavy atom. The molecule has 1 aromatic rings. The minimum atomic E-state index is -3.49. The van der Waals surface area contributed by atoms with E-state index in [2.05, 4.69) is 5.32 Å². The van der Waals surface area contributed by atoms with E-state index in [1.54, 1.807) is 0 Å². The van der Waals surface area contributed by atoms with Crippen LogP contribution in [0.15, 0.2) is 23.1 Å². The van der Waals surface area contributed by atoms with Crippen LogP contribution in [0.3, 0.4) is 0 Å². The first-order chi connectivity index (χ1) is 10.1. The Morgan fingerprint density at radius 2 is 1.90 bits per heavy atom. The van der Waals surface area contributed by atoms with Gasteiger partial charge in [-0.1, -0.05) is 6.42 Å². The van der Waals surface area contributed by atoms with Crippen molar-refractivity contribution in [1.82, 2.24) is 9.62 Å². The molecule has 1 heterocycles. The van der Waals surface area contributed by atoms with E-state index >= 15 is 0 Å². The highest BCUT2D eigenvalue weighted by Gasteiger charge is 2.27. The minimum Gasteiger partial charge on any atom is -0.310 e. The van der Waals surface area contributed by atoms with E-state index in [1.807, 2.05) is 0 Å². The summed E-state index contributed by atoms with van der Waals surface area (Å²) in [5, 5.41) is 3.22. The SMILES string of the molecule is O=S(=O)(c1ccc(F)c(CNC2CC2)c1)N1CCCCC1. The Hall–Kier alpha value is -0.980. The normalized spacial score (nSPS) is 20.6. The first-order valence-corrected chi connectivity index (χ1v) is 9.03. The van der Waals surface area contributed by atoms with Crippen molar-refractivity contribution in [2.45, 2.75) is 49.6 Å². The van der Waals surface area contributed by atoms with Gasteiger partial charge in [0.2, 0.25) is 10.0 Å². The predicted octanol–water partition coefficient (Wildman–Crippen LogP) is 2.25. The zero-order chi connectivity index (χ0) is 14.9. The molecule has 6 heteroatoms. The number of hydrogen-bond donors (Lipinski definition) is 1. The maximum absolute atomic E-state index is 13.8. The smallest absolute Gasteiger partial charge is 0.243 e. The molecule has 116 valence electrons. The predicted molar refractivity (Wildman–Crippen MR) is 78.9 cm³/mol. The lowest BCUT2D eigenvalue weighted by Crippen LogP contribution is -2.35. The first-order valence-electron chi connectivity index (χ1n) is 7.59. The minimum absolute atomic E-state index is 0.207. The largest absolute Gasteiger partial charge is 0.310 e. The van der Waals surface area contributed by atoms with E-state index in [-0.39, 0.29) is 10.7 Å². The molecular formula is C15H21FN2O2S. The summed E-state index contributed by atoms with van der Waals surface area (Å²) in [4.78, 5) is 0.207. The van der Waals surface area contributed by atoms with Gasteiger partial charge >= 0.3 is 0 Å². The molecule has 4 nitrogen and oxygen atoms in total. The molecule has 1 N–H and O–H groups in total. The van der Waals surface area contributed by atoms with Gasteiger partial charge in [0.1, 0.15) is 5.82 Å². The zero-order valence-electron chi connectivity index (χ0n) is 12.0. The van der Waals surface area contributed by atoms with E-state index in [0.717, 1.165) is 32.1 Å². The van der Waals surface area contributed by atoms with Gasteiger partial charge in [0.25, 0.3) is 0 Å². The number of sulfonamides is 1. The highest BCUT2D eigenvalue weighted by Crippen LogP contribution is 2.24. The van der Waals surface area contributed by atoms with E-state index in [1.165, 1.54) is 22.5 Å². The van der Waals surface area contributed by atoms with Gasteiger partial charge in [-0.3, -0.25) is 0 Å². The molecule has 0 spiro atoms. The molecule has 1 aromatic carbocycles. The number of nitrogens with one attached hydrogen (secondary N) is 1. The molecule has 1 aliphatic heterocycles. The van der Waals surface area contributed by atoms with Crippen molar-refractivity contribution in [3.63, 3.8) is 0 Å². The maximum atomic E-state index is 13.8. The Bertz CT molecular complexity index is 608.